The van der Waals surface area contributed by atoms with E-state index in [9.17, 15) is 4.79 Å². The number of nitrogens with zero attached hydrogens (tertiary/aromatic N) is 3. The van der Waals surface area contributed by atoms with Crippen molar-refractivity contribution in [2.24, 2.45) is 5.92 Å². The maximum atomic E-state index is 11.9. The van der Waals surface area contributed by atoms with E-state index in [2.05, 4.69) is 11.1 Å². The van der Waals surface area contributed by atoms with Crippen LogP contribution in [0.25, 0.3) is 0 Å². The van der Waals surface area contributed by atoms with Crippen LogP contribution in [-0.4, -0.2) is 28.9 Å². The largest absolute Gasteiger partial charge is 0.375 e. The van der Waals surface area contributed by atoms with Gasteiger partial charge in [0.1, 0.15) is 5.69 Å². The molecule has 0 aromatic carbocycles. The Kier molecular flexibility index (Phi) is 4.26. The highest BCUT2D eigenvalue weighted by Crippen LogP contribution is 2.13. The number of thiazole rings is 1. The van der Waals surface area contributed by atoms with Crippen molar-refractivity contribution in [3.8, 4) is 6.07 Å². The van der Waals surface area contributed by atoms with Crippen molar-refractivity contribution in [2.45, 2.75) is 13.8 Å². The van der Waals surface area contributed by atoms with E-state index in [4.69, 9.17) is 11.0 Å². The monoisotopic (exact) mass is 238 g/mol. The zero-order valence-electron chi connectivity index (χ0n) is 9.30. The van der Waals surface area contributed by atoms with Crippen LogP contribution in [0.5, 0.6) is 0 Å². The average Bonchev–Trinajstić information content (AvgIpc) is 2.71. The van der Waals surface area contributed by atoms with Crippen molar-refractivity contribution >= 4 is 22.4 Å². The molecule has 1 atom stereocenters. The van der Waals surface area contributed by atoms with Crippen molar-refractivity contribution < 1.29 is 4.79 Å². The summed E-state index contributed by atoms with van der Waals surface area (Å²) in [5.74, 6) is -0.350. The van der Waals surface area contributed by atoms with Crippen LogP contribution in [0.1, 0.15) is 24.3 Å². The molecule has 0 saturated heterocycles. The lowest BCUT2D eigenvalue weighted by atomic mass is 10.2. The molecule has 1 rings (SSSR count). The zero-order valence-corrected chi connectivity index (χ0v) is 10.1. The molecule has 5 nitrogen and oxygen atoms in total. The summed E-state index contributed by atoms with van der Waals surface area (Å²) in [5.41, 5.74) is 5.83. The molecule has 0 saturated carbocycles. The van der Waals surface area contributed by atoms with Gasteiger partial charge in [0.25, 0.3) is 5.91 Å². The number of nitrogen functional groups attached to an aromatic ring is 1. The van der Waals surface area contributed by atoms with E-state index in [0.29, 0.717) is 23.9 Å². The Balaban J connectivity index is 2.74. The highest BCUT2D eigenvalue weighted by atomic mass is 32.1. The van der Waals surface area contributed by atoms with Crippen LogP contribution in [0, 0.1) is 17.2 Å². The molecule has 0 fully saturated rings. The Hall–Kier alpha value is -1.61. The van der Waals surface area contributed by atoms with Gasteiger partial charge in [-0.25, -0.2) is 4.98 Å². The number of nitriles is 1. The van der Waals surface area contributed by atoms with Crippen LogP contribution >= 0.6 is 11.3 Å². The predicted molar refractivity (Wildman–Crippen MR) is 62.9 cm³/mol. The third kappa shape index (κ3) is 2.94. The Morgan fingerprint density at radius 1 is 1.81 bits per heavy atom. The lowest BCUT2D eigenvalue weighted by Gasteiger charge is -2.20. The Labute approximate surface area is 98.5 Å². The molecule has 1 aromatic heterocycles. The maximum Gasteiger partial charge on any atom is 0.273 e. The summed E-state index contributed by atoms with van der Waals surface area (Å²) >= 11 is 1.24. The molecular weight excluding hydrogens is 224 g/mol. The number of aromatic nitrogens is 1. The standard InChI is InChI=1S/C10H14N4OS/c1-3-14(5-7(2)4-11)9(15)8-6-16-10(12)13-8/h6-7H,3,5H2,1-2H3,(H2,12,13). The van der Waals surface area contributed by atoms with E-state index in [0.717, 1.165) is 0 Å². The molecule has 0 spiro atoms. The minimum absolute atomic E-state index is 0.169. The van der Waals surface area contributed by atoms with Gasteiger partial charge in [-0.05, 0) is 13.8 Å². The molecule has 0 aliphatic heterocycles. The van der Waals surface area contributed by atoms with Gasteiger partial charge in [-0.1, -0.05) is 0 Å². The topological polar surface area (TPSA) is 83.0 Å². The quantitative estimate of drug-likeness (QED) is 0.858. The number of nitrogens with two attached hydrogens (primary N) is 1. The molecule has 1 unspecified atom stereocenters. The molecule has 0 aliphatic rings. The zero-order chi connectivity index (χ0) is 12.1. The molecule has 1 aromatic rings. The fourth-order valence-electron chi connectivity index (χ4n) is 1.27. The van der Waals surface area contributed by atoms with Crippen molar-refractivity contribution in [2.75, 3.05) is 18.8 Å². The summed E-state index contributed by atoms with van der Waals surface area (Å²) in [7, 11) is 0. The number of hydrogen-bond donors (Lipinski definition) is 1. The molecule has 0 bridgehead atoms. The van der Waals surface area contributed by atoms with Gasteiger partial charge in [0.05, 0.1) is 12.0 Å². The van der Waals surface area contributed by atoms with Crippen LogP contribution in [0.3, 0.4) is 0 Å². The van der Waals surface area contributed by atoms with Crippen molar-refractivity contribution in [1.82, 2.24) is 9.88 Å². The molecule has 2 N–H and O–H groups in total. The van der Waals surface area contributed by atoms with Gasteiger partial charge < -0.3 is 10.6 Å². The number of hydrogen-bond acceptors (Lipinski definition) is 5. The summed E-state index contributed by atoms with van der Waals surface area (Å²) in [6, 6.07) is 2.10. The molecule has 0 aliphatic carbocycles. The van der Waals surface area contributed by atoms with Gasteiger partial charge in [-0.2, -0.15) is 5.26 Å². The maximum absolute atomic E-state index is 11.9. The highest BCUT2D eigenvalue weighted by Gasteiger charge is 2.18. The van der Waals surface area contributed by atoms with Crippen LogP contribution in [0.15, 0.2) is 5.38 Å². The number of amides is 1. The minimum Gasteiger partial charge on any atom is -0.375 e. The second kappa shape index (κ2) is 5.47. The van der Waals surface area contributed by atoms with Gasteiger partial charge in [0.15, 0.2) is 5.13 Å². The number of rotatable bonds is 4. The Bertz CT molecular complexity index is 409. The van der Waals surface area contributed by atoms with Crippen LogP contribution in [0.4, 0.5) is 5.13 Å². The molecule has 86 valence electrons. The first kappa shape index (κ1) is 12.5. The second-order valence-corrected chi connectivity index (χ2v) is 4.33. The minimum atomic E-state index is -0.181. The van der Waals surface area contributed by atoms with Crippen LogP contribution in [-0.2, 0) is 0 Å². The van der Waals surface area contributed by atoms with E-state index in [1.165, 1.54) is 11.3 Å². The number of carbonyl (C=O) groups excluding carboxylic acids is 1. The van der Waals surface area contributed by atoms with Crippen molar-refractivity contribution in [3.05, 3.63) is 11.1 Å². The summed E-state index contributed by atoms with van der Waals surface area (Å²) < 4.78 is 0. The fraction of sp³-hybridized carbons (Fsp3) is 0.500. The number of carbonyl (C=O) groups is 1. The SMILES string of the molecule is CCN(CC(C)C#N)C(=O)c1csc(N)n1. The molecule has 16 heavy (non-hydrogen) atoms. The van der Waals surface area contributed by atoms with Crippen molar-refractivity contribution in [3.63, 3.8) is 0 Å². The molecule has 1 heterocycles. The smallest absolute Gasteiger partial charge is 0.273 e. The van der Waals surface area contributed by atoms with E-state index in [-0.39, 0.29) is 11.8 Å². The summed E-state index contributed by atoms with van der Waals surface area (Å²) in [6.45, 7) is 4.63. The first-order valence-corrected chi connectivity index (χ1v) is 5.86. The Morgan fingerprint density at radius 2 is 2.50 bits per heavy atom. The van der Waals surface area contributed by atoms with E-state index >= 15 is 0 Å². The summed E-state index contributed by atoms with van der Waals surface area (Å²) in [4.78, 5) is 17.5. The third-order valence-corrected chi connectivity index (χ3v) is 2.80. The highest BCUT2D eigenvalue weighted by molar-refractivity contribution is 7.13. The van der Waals surface area contributed by atoms with Gasteiger partial charge in [-0.15, -0.1) is 11.3 Å². The lowest BCUT2D eigenvalue weighted by Crippen LogP contribution is -2.34. The van der Waals surface area contributed by atoms with Gasteiger partial charge in [0.2, 0.25) is 0 Å². The van der Waals surface area contributed by atoms with E-state index in [1.807, 2.05) is 6.92 Å². The molecule has 6 heteroatoms. The lowest BCUT2D eigenvalue weighted by molar-refractivity contribution is 0.0747. The van der Waals surface area contributed by atoms with E-state index in [1.54, 1.807) is 17.2 Å². The van der Waals surface area contributed by atoms with Crippen molar-refractivity contribution in [1.29, 1.82) is 5.26 Å². The van der Waals surface area contributed by atoms with E-state index < -0.39 is 0 Å². The predicted octanol–water partition coefficient (Wildman–Crippen LogP) is 1.35. The van der Waals surface area contributed by atoms with Crippen LogP contribution < -0.4 is 5.73 Å². The second-order valence-electron chi connectivity index (χ2n) is 3.44. The third-order valence-electron chi connectivity index (χ3n) is 2.12. The molecular formula is C10H14N4OS. The summed E-state index contributed by atoms with van der Waals surface area (Å²) in [5, 5.41) is 10.7. The normalized spacial score (nSPS) is 11.8. The van der Waals surface area contributed by atoms with Gasteiger partial charge in [0, 0.05) is 18.5 Å². The first-order valence-electron chi connectivity index (χ1n) is 4.98. The van der Waals surface area contributed by atoms with Crippen LogP contribution in [0.2, 0.25) is 0 Å². The molecule has 1 amide bonds. The average molecular weight is 238 g/mol. The Morgan fingerprint density at radius 3 is 2.94 bits per heavy atom. The molecule has 0 radical (unpaired) electrons. The van der Waals surface area contributed by atoms with Gasteiger partial charge in [-0.3, -0.25) is 4.79 Å². The first-order chi connectivity index (χ1) is 7.58. The fourth-order valence-corrected chi connectivity index (χ4v) is 1.81. The van der Waals surface area contributed by atoms with Gasteiger partial charge >= 0.3 is 0 Å². The number of anilines is 1. The summed E-state index contributed by atoms with van der Waals surface area (Å²) in [6.07, 6.45) is 0.